The number of rotatable bonds is 7. The van der Waals surface area contributed by atoms with Crippen molar-refractivity contribution < 1.29 is 5.11 Å². The molecule has 0 radical (unpaired) electrons. The third-order valence-electron chi connectivity index (χ3n) is 3.93. The first-order valence-electron chi connectivity index (χ1n) is 7.40. The summed E-state index contributed by atoms with van der Waals surface area (Å²) in [4.78, 5) is 6.97. The van der Waals surface area contributed by atoms with E-state index in [1.54, 1.807) is 0 Å². The largest absolute Gasteiger partial charge is 0.392 e. The lowest BCUT2D eigenvalue weighted by molar-refractivity contribution is 0.280. The number of anilines is 1. The van der Waals surface area contributed by atoms with Gasteiger partial charge in [-0.1, -0.05) is 26.7 Å². The van der Waals surface area contributed by atoms with Crippen LogP contribution in [0, 0.1) is 19.8 Å². The van der Waals surface area contributed by atoms with Crippen molar-refractivity contribution in [1.29, 1.82) is 0 Å². The highest BCUT2D eigenvalue weighted by Crippen LogP contribution is 2.24. The first-order valence-corrected chi connectivity index (χ1v) is 7.40. The Morgan fingerprint density at radius 3 is 2.32 bits per heavy atom. The second kappa shape index (κ2) is 7.49. The van der Waals surface area contributed by atoms with Crippen molar-refractivity contribution in [2.45, 2.75) is 54.1 Å². The molecular formula is C16H28N2O. The fraction of sp³-hybridized carbons (Fsp3) is 0.688. The lowest BCUT2D eigenvalue weighted by Crippen LogP contribution is -2.31. The van der Waals surface area contributed by atoms with Crippen LogP contribution in [0.25, 0.3) is 0 Å². The van der Waals surface area contributed by atoms with Gasteiger partial charge in [0.1, 0.15) is 5.82 Å². The van der Waals surface area contributed by atoms with Crippen LogP contribution < -0.4 is 4.90 Å². The van der Waals surface area contributed by atoms with Crippen LogP contribution in [0.3, 0.4) is 0 Å². The standard InChI is InChI=1S/C16H28N2O/c1-6-14(7-2)10-18(8-3)16-15(11-19)12(4)9-13(5)17-16/h9,14,19H,6-8,10-11H2,1-5H3. The van der Waals surface area contributed by atoms with E-state index >= 15 is 0 Å². The van der Waals surface area contributed by atoms with Gasteiger partial charge in [-0.3, -0.25) is 0 Å². The van der Waals surface area contributed by atoms with Gasteiger partial charge in [-0.15, -0.1) is 0 Å². The van der Waals surface area contributed by atoms with Crippen LogP contribution in [0.5, 0.6) is 0 Å². The highest BCUT2D eigenvalue weighted by Gasteiger charge is 2.16. The molecule has 1 aromatic rings. The van der Waals surface area contributed by atoms with E-state index in [4.69, 9.17) is 0 Å². The van der Waals surface area contributed by atoms with Crippen LogP contribution >= 0.6 is 0 Å². The van der Waals surface area contributed by atoms with E-state index in [-0.39, 0.29) is 6.61 Å². The van der Waals surface area contributed by atoms with Crippen LogP contribution in [-0.2, 0) is 6.61 Å². The number of nitrogens with zero attached hydrogens (tertiary/aromatic N) is 2. The fourth-order valence-electron chi connectivity index (χ4n) is 2.52. The summed E-state index contributed by atoms with van der Waals surface area (Å²) in [6.45, 7) is 12.7. The molecule has 1 aromatic heterocycles. The van der Waals surface area contributed by atoms with Crippen molar-refractivity contribution in [2.75, 3.05) is 18.0 Å². The number of aliphatic hydroxyl groups excluding tert-OH is 1. The molecule has 0 saturated carbocycles. The molecule has 19 heavy (non-hydrogen) atoms. The average Bonchev–Trinajstić information content (AvgIpc) is 2.39. The van der Waals surface area contributed by atoms with E-state index in [1.807, 2.05) is 13.0 Å². The van der Waals surface area contributed by atoms with Gasteiger partial charge in [0.25, 0.3) is 0 Å². The molecule has 0 fully saturated rings. The van der Waals surface area contributed by atoms with E-state index in [0.29, 0.717) is 5.92 Å². The van der Waals surface area contributed by atoms with Crippen molar-refractivity contribution >= 4 is 5.82 Å². The summed E-state index contributed by atoms with van der Waals surface area (Å²) < 4.78 is 0. The molecule has 0 bridgehead atoms. The predicted molar refractivity (Wildman–Crippen MR) is 81.6 cm³/mol. The Morgan fingerprint density at radius 2 is 1.84 bits per heavy atom. The Morgan fingerprint density at radius 1 is 1.21 bits per heavy atom. The second-order valence-corrected chi connectivity index (χ2v) is 5.26. The number of pyridine rings is 1. The molecular weight excluding hydrogens is 236 g/mol. The minimum absolute atomic E-state index is 0.0634. The Labute approximate surface area is 117 Å². The Hall–Kier alpha value is -1.09. The molecule has 0 amide bonds. The maximum atomic E-state index is 9.62. The van der Waals surface area contributed by atoms with Crippen molar-refractivity contribution in [2.24, 2.45) is 5.92 Å². The summed E-state index contributed by atoms with van der Waals surface area (Å²) in [5.74, 6) is 1.66. The molecule has 3 heteroatoms. The lowest BCUT2D eigenvalue weighted by Gasteiger charge is -2.29. The molecule has 0 atom stereocenters. The van der Waals surface area contributed by atoms with Gasteiger partial charge >= 0.3 is 0 Å². The van der Waals surface area contributed by atoms with Crippen LogP contribution in [0.1, 0.15) is 50.4 Å². The average molecular weight is 264 g/mol. The minimum atomic E-state index is 0.0634. The van der Waals surface area contributed by atoms with Gasteiger partial charge in [-0.05, 0) is 38.3 Å². The number of aromatic nitrogens is 1. The van der Waals surface area contributed by atoms with Crippen molar-refractivity contribution in [3.8, 4) is 0 Å². The molecule has 0 saturated heterocycles. The van der Waals surface area contributed by atoms with Gasteiger partial charge in [0.15, 0.2) is 0 Å². The lowest BCUT2D eigenvalue weighted by atomic mass is 10.0. The van der Waals surface area contributed by atoms with Gasteiger partial charge < -0.3 is 10.0 Å². The SMILES string of the molecule is CCC(CC)CN(CC)c1nc(C)cc(C)c1CO. The zero-order chi connectivity index (χ0) is 14.4. The summed E-state index contributed by atoms with van der Waals surface area (Å²) in [6, 6.07) is 2.04. The highest BCUT2D eigenvalue weighted by atomic mass is 16.3. The second-order valence-electron chi connectivity index (χ2n) is 5.26. The summed E-state index contributed by atoms with van der Waals surface area (Å²) in [6.07, 6.45) is 2.37. The summed E-state index contributed by atoms with van der Waals surface area (Å²) in [5, 5.41) is 9.62. The molecule has 0 aliphatic rings. The van der Waals surface area contributed by atoms with Gasteiger partial charge in [-0.2, -0.15) is 0 Å². The molecule has 3 nitrogen and oxygen atoms in total. The fourth-order valence-corrected chi connectivity index (χ4v) is 2.52. The topological polar surface area (TPSA) is 36.4 Å². The molecule has 0 aromatic carbocycles. The summed E-state index contributed by atoms with van der Waals surface area (Å²) >= 11 is 0. The zero-order valence-corrected chi connectivity index (χ0v) is 13.0. The first kappa shape index (κ1) is 16.0. The van der Waals surface area contributed by atoms with Gasteiger partial charge in [0, 0.05) is 24.3 Å². The van der Waals surface area contributed by atoms with E-state index in [2.05, 4.69) is 37.6 Å². The zero-order valence-electron chi connectivity index (χ0n) is 13.0. The van der Waals surface area contributed by atoms with Crippen molar-refractivity contribution in [1.82, 2.24) is 4.98 Å². The highest BCUT2D eigenvalue weighted by molar-refractivity contribution is 5.51. The quantitative estimate of drug-likeness (QED) is 0.819. The third-order valence-corrected chi connectivity index (χ3v) is 3.93. The van der Waals surface area contributed by atoms with Crippen molar-refractivity contribution in [3.05, 3.63) is 22.9 Å². The Kier molecular flexibility index (Phi) is 6.29. The first-order chi connectivity index (χ1) is 9.07. The minimum Gasteiger partial charge on any atom is -0.392 e. The third kappa shape index (κ3) is 3.93. The maximum Gasteiger partial charge on any atom is 0.134 e. The number of hydrogen-bond donors (Lipinski definition) is 1. The number of aryl methyl sites for hydroxylation is 2. The number of hydrogen-bond acceptors (Lipinski definition) is 3. The smallest absolute Gasteiger partial charge is 0.134 e. The molecule has 0 unspecified atom stereocenters. The summed E-state index contributed by atoms with van der Waals surface area (Å²) in [7, 11) is 0. The summed E-state index contributed by atoms with van der Waals surface area (Å²) in [5.41, 5.74) is 3.12. The molecule has 1 N–H and O–H groups in total. The molecule has 0 aliphatic carbocycles. The molecule has 108 valence electrons. The normalized spacial score (nSPS) is 11.1. The number of aliphatic hydroxyl groups is 1. The van der Waals surface area contributed by atoms with Crippen LogP contribution in [0.2, 0.25) is 0 Å². The van der Waals surface area contributed by atoms with Crippen LogP contribution in [0.4, 0.5) is 5.82 Å². The van der Waals surface area contributed by atoms with Crippen LogP contribution in [0.15, 0.2) is 6.07 Å². The predicted octanol–water partition coefficient (Wildman–Crippen LogP) is 3.45. The monoisotopic (exact) mass is 264 g/mol. The maximum absolute atomic E-state index is 9.62. The molecule has 1 heterocycles. The van der Waals surface area contributed by atoms with Gasteiger partial charge in [-0.25, -0.2) is 4.98 Å². The molecule has 0 aliphatic heterocycles. The molecule has 1 rings (SSSR count). The van der Waals surface area contributed by atoms with Crippen molar-refractivity contribution in [3.63, 3.8) is 0 Å². The van der Waals surface area contributed by atoms with E-state index in [1.165, 1.54) is 12.8 Å². The Bertz CT molecular complexity index is 400. The van der Waals surface area contributed by atoms with Gasteiger partial charge in [0.05, 0.1) is 6.61 Å². The van der Waals surface area contributed by atoms with E-state index in [9.17, 15) is 5.11 Å². The van der Waals surface area contributed by atoms with Gasteiger partial charge in [0.2, 0.25) is 0 Å². The molecule has 0 spiro atoms. The van der Waals surface area contributed by atoms with E-state index < -0.39 is 0 Å². The van der Waals surface area contributed by atoms with Crippen LogP contribution in [-0.4, -0.2) is 23.2 Å². The Balaban J connectivity index is 3.09. The van der Waals surface area contributed by atoms with E-state index in [0.717, 1.165) is 35.7 Å².